The standard InChI is InChI=1S/C16H27N3O3.HI/c1-16(2,3)19-15(17-4)18-10-11-8-12(20-5)14(22-7)13(9-11)21-6;/h8-9H,10H2,1-7H3,(H2,17,18,19);1H. The number of hydrogen-bond acceptors (Lipinski definition) is 4. The molecule has 6 nitrogen and oxygen atoms in total. The number of rotatable bonds is 5. The van der Waals surface area contributed by atoms with Crippen molar-refractivity contribution in [1.82, 2.24) is 10.6 Å². The van der Waals surface area contributed by atoms with E-state index in [-0.39, 0.29) is 29.5 Å². The fourth-order valence-electron chi connectivity index (χ4n) is 1.96. The molecule has 7 heteroatoms. The van der Waals surface area contributed by atoms with Crippen LogP contribution < -0.4 is 24.8 Å². The van der Waals surface area contributed by atoms with Crippen LogP contribution in [0.15, 0.2) is 17.1 Å². The molecule has 0 aliphatic rings. The fraction of sp³-hybridized carbons (Fsp3) is 0.562. The first-order chi connectivity index (χ1) is 10.3. The van der Waals surface area contributed by atoms with Gasteiger partial charge in [-0.3, -0.25) is 4.99 Å². The lowest BCUT2D eigenvalue weighted by Crippen LogP contribution is -2.47. The molecule has 0 amide bonds. The number of benzene rings is 1. The molecule has 1 rings (SSSR count). The van der Waals surface area contributed by atoms with Crippen molar-refractivity contribution in [3.8, 4) is 17.2 Å². The molecule has 0 bridgehead atoms. The van der Waals surface area contributed by atoms with Gasteiger partial charge in [0.1, 0.15) is 0 Å². The summed E-state index contributed by atoms with van der Waals surface area (Å²) in [5.41, 5.74) is 0.947. The second-order valence-electron chi connectivity index (χ2n) is 5.83. The lowest BCUT2D eigenvalue weighted by Gasteiger charge is -2.24. The zero-order chi connectivity index (χ0) is 16.8. The first-order valence-corrected chi connectivity index (χ1v) is 7.12. The third-order valence-corrected chi connectivity index (χ3v) is 2.90. The minimum absolute atomic E-state index is 0. The van der Waals surface area contributed by atoms with Crippen molar-refractivity contribution in [3.05, 3.63) is 17.7 Å². The van der Waals surface area contributed by atoms with Crippen molar-refractivity contribution in [2.75, 3.05) is 28.4 Å². The normalized spacial score (nSPS) is 11.3. The van der Waals surface area contributed by atoms with Crippen LogP contribution in [0, 0.1) is 0 Å². The Balaban J connectivity index is 0.00000484. The van der Waals surface area contributed by atoms with E-state index in [1.165, 1.54) is 0 Å². The number of hydrogen-bond donors (Lipinski definition) is 2. The number of guanidine groups is 1. The maximum Gasteiger partial charge on any atom is 0.203 e. The fourth-order valence-corrected chi connectivity index (χ4v) is 1.96. The summed E-state index contributed by atoms with van der Waals surface area (Å²) >= 11 is 0. The van der Waals surface area contributed by atoms with Gasteiger partial charge in [-0.05, 0) is 38.5 Å². The zero-order valence-electron chi connectivity index (χ0n) is 14.9. The lowest BCUT2D eigenvalue weighted by molar-refractivity contribution is 0.323. The Kier molecular flexibility index (Phi) is 9.11. The SMILES string of the molecule is CN=C(NCc1cc(OC)c(OC)c(OC)c1)NC(C)(C)C.I. The Morgan fingerprint density at radius 2 is 1.57 bits per heavy atom. The van der Waals surface area contributed by atoms with Crippen LogP contribution in [0.5, 0.6) is 17.2 Å². The van der Waals surface area contributed by atoms with Crippen LogP contribution in [0.1, 0.15) is 26.3 Å². The second kappa shape index (κ2) is 9.69. The summed E-state index contributed by atoms with van der Waals surface area (Å²) in [5.74, 6) is 2.60. The van der Waals surface area contributed by atoms with E-state index in [9.17, 15) is 0 Å². The van der Waals surface area contributed by atoms with E-state index in [0.29, 0.717) is 23.8 Å². The van der Waals surface area contributed by atoms with Crippen molar-refractivity contribution >= 4 is 29.9 Å². The number of methoxy groups -OCH3 is 3. The number of halogens is 1. The Morgan fingerprint density at radius 1 is 1.04 bits per heavy atom. The minimum atomic E-state index is -0.0584. The maximum atomic E-state index is 5.35. The molecule has 2 N–H and O–H groups in total. The van der Waals surface area contributed by atoms with Gasteiger partial charge < -0.3 is 24.8 Å². The lowest BCUT2D eigenvalue weighted by atomic mass is 10.1. The first-order valence-electron chi connectivity index (χ1n) is 7.12. The number of nitrogens with zero attached hydrogens (tertiary/aromatic N) is 1. The second-order valence-corrected chi connectivity index (χ2v) is 5.83. The molecule has 0 aromatic heterocycles. The molecule has 23 heavy (non-hydrogen) atoms. The summed E-state index contributed by atoms with van der Waals surface area (Å²) in [6.07, 6.45) is 0. The third-order valence-electron chi connectivity index (χ3n) is 2.90. The van der Waals surface area contributed by atoms with Gasteiger partial charge in [-0.15, -0.1) is 24.0 Å². The Morgan fingerprint density at radius 3 is 1.91 bits per heavy atom. The van der Waals surface area contributed by atoms with Crippen molar-refractivity contribution in [3.63, 3.8) is 0 Å². The third kappa shape index (κ3) is 6.72. The molecule has 0 atom stereocenters. The van der Waals surface area contributed by atoms with E-state index < -0.39 is 0 Å². The van der Waals surface area contributed by atoms with Crippen LogP contribution in [0.4, 0.5) is 0 Å². The zero-order valence-corrected chi connectivity index (χ0v) is 17.3. The molecule has 0 unspecified atom stereocenters. The van der Waals surface area contributed by atoms with E-state index in [0.717, 1.165) is 11.5 Å². The maximum absolute atomic E-state index is 5.35. The van der Waals surface area contributed by atoms with Crippen LogP contribution in [0.2, 0.25) is 0 Å². The molecule has 0 aliphatic carbocycles. The van der Waals surface area contributed by atoms with Crippen LogP contribution in [-0.2, 0) is 6.54 Å². The summed E-state index contributed by atoms with van der Waals surface area (Å²) in [7, 11) is 6.55. The molecule has 132 valence electrons. The Hall–Kier alpha value is -1.38. The van der Waals surface area contributed by atoms with Gasteiger partial charge in [0.25, 0.3) is 0 Å². The summed E-state index contributed by atoms with van der Waals surface area (Å²) < 4.78 is 16.0. The van der Waals surface area contributed by atoms with Gasteiger partial charge in [-0.2, -0.15) is 0 Å². The molecule has 0 aliphatic heterocycles. The van der Waals surface area contributed by atoms with Crippen LogP contribution in [0.25, 0.3) is 0 Å². The topological polar surface area (TPSA) is 64.1 Å². The molecular weight excluding hydrogens is 409 g/mol. The van der Waals surface area contributed by atoms with E-state index >= 15 is 0 Å². The largest absolute Gasteiger partial charge is 0.493 e. The summed E-state index contributed by atoms with van der Waals surface area (Å²) in [6.45, 7) is 6.84. The Labute approximate surface area is 156 Å². The Bertz CT molecular complexity index is 503. The van der Waals surface area contributed by atoms with Crippen molar-refractivity contribution in [2.45, 2.75) is 32.9 Å². The van der Waals surface area contributed by atoms with E-state index in [1.54, 1.807) is 28.4 Å². The average molecular weight is 437 g/mol. The number of ether oxygens (including phenoxy) is 3. The molecule has 0 radical (unpaired) electrons. The highest BCUT2D eigenvalue weighted by Gasteiger charge is 2.14. The van der Waals surface area contributed by atoms with Gasteiger partial charge >= 0.3 is 0 Å². The van der Waals surface area contributed by atoms with Crippen molar-refractivity contribution < 1.29 is 14.2 Å². The molecule has 0 heterocycles. The van der Waals surface area contributed by atoms with Crippen LogP contribution >= 0.6 is 24.0 Å². The predicted octanol–water partition coefficient (Wildman–Crippen LogP) is 2.79. The van der Waals surface area contributed by atoms with Gasteiger partial charge in [-0.1, -0.05) is 0 Å². The van der Waals surface area contributed by atoms with Gasteiger partial charge in [0.2, 0.25) is 5.75 Å². The summed E-state index contributed by atoms with van der Waals surface area (Å²) in [5, 5.41) is 6.58. The monoisotopic (exact) mass is 437 g/mol. The molecule has 0 saturated heterocycles. The summed E-state index contributed by atoms with van der Waals surface area (Å²) in [4.78, 5) is 4.21. The van der Waals surface area contributed by atoms with E-state index in [1.807, 2.05) is 12.1 Å². The quantitative estimate of drug-likeness (QED) is 0.422. The van der Waals surface area contributed by atoms with Crippen molar-refractivity contribution in [2.24, 2.45) is 4.99 Å². The molecule has 1 aromatic carbocycles. The van der Waals surface area contributed by atoms with Gasteiger partial charge in [0, 0.05) is 19.1 Å². The number of nitrogens with one attached hydrogen (secondary N) is 2. The molecular formula is C16H28IN3O3. The average Bonchev–Trinajstić information content (AvgIpc) is 2.48. The smallest absolute Gasteiger partial charge is 0.203 e. The minimum Gasteiger partial charge on any atom is -0.493 e. The highest BCUT2D eigenvalue weighted by molar-refractivity contribution is 14.0. The number of aliphatic imine (C=N–C) groups is 1. The first kappa shape index (κ1) is 21.6. The molecule has 0 spiro atoms. The molecule has 1 aromatic rings. The van der Waals surface area contributed by atoms with Gasteiger partial charge in [0.15, 0.2) is 17.5 Å². The highest BCUT2D eigenvalue weighted by Crippen LogP contribution is 2.38. The summed E-state index contributed by atoms with van der Waals surface area (Å²) in [6, 6.07) is 3.83. The molecule has 0 fully saturated rings. The van der Waals surface area contributed by atoms with Gasteiger partial charge in [0.05, 0.1) is 21.3 Å². The van der Waals surface area contributed by atoms with E-state index in [4.69, 9.17) is 14.2 Å². The highest BCUT2D eigenvalue weighted by atomic mass is 127. The van der Waals surface area contributed by atoms with E-state index in [2.05, 4.69) is 36.4 Å². The van der Waals surface area contributed by atoms with Gasteiger partial charge in [-0.25, -0.2) is 0 Å². The molecule has 0 saturated carbocycles. The van der Waals surface area contributed by atoms with Crippen LogP contribution in [-0.4, -0.2) is 39.9 Å². The van der Waals surface area contributed by atoms with Crippen molar-refractivity contribution in [1.29, 1.82) is 0 Å². The van der Waals surface area contributed by atoms with Crippen LogP contribution in [0.3, 0.4) is 0 Å². The predicted molar refractivity (Wildman–Crippen MR) is 105 cm³/mol.